The second-order valence-corrected chi connectivity index (χ2v) is 7.87. The van der Waals surface area contributed by atoms with Crippen molar-refractivity contribution in [2.24, 2.45) is 22.7 Å². The Morgan fingerprint density at radius 2 is 1.58 bits per heavy atom. The van der Waals surface area contributed by atoms with Crippen LogP contribution in [0.15, 0.2) is 0 Å². The van der Waals surface area contributed by atoms with E-state index >= 15 is 0 Å². The van der Waals surface area contributed by atoms with E-state index in [9.17, 15) is 9.59 Å². The molecule has 0 aromatic carbocycles. The number of aliphatic hydroxyl groups is 2. The van der Waals surface area contributed by atoms with Gasteiger partial charge in [-0.1, -0.05) is 13.8 Å². The third kappa shape index (κ3) is 4.79. The largest absolute Gasteiger partial charge is 0.465 e. The van der Waals surface area contributed by atoms with Crippen LogP contribution in [0, 0.1) is 22.7 Å². The predicted molar refractivity (Wildman–Crippen MR) is 92.4 cm³/mol. The molecule has 2 fully saturated rings. The zero-order valence-electron chi connectivity index (χ0n) is 15.6. The van der Waals surface area contributed by atoms with Crippen molar-refractivity contribution in [1.29, 1.82) is 0 Å². The van der Waals surface area contributed by atoms with Crippen molar-refractivity contribution >= 4 is 11.8 Å². The first-order valence-electron chi connectivity index (χ1n) is 9.15. The van der Waals surface area contributed by atoms with Gasteiger partial charge < -0.3 is 14.9 Å². The van der Waals surface area contributed by atoms with Crippen LogP contribution in [0.4, 0.5) is 0 Å². The predicted octanol–water partition coefficient (Wildman–Crippen LogP) is 2.72. The number of Topliss-reactive ketones (excluding diaryl/α,β-unsaturated/α-hetero) is 1. The normalized spacial score (nSPS) is 31.2. The van der Waals surface area contributed by atoms with Crippen LogP contribution in [0.5, 0.6) is 0 Å². The fraction of sp³-hybridized carbons (Fsp3) is 0.895. The summed E-state index contributed by atoms with van der Waals surface area (Å²) in [6.45, 7) is 8.15. The second kappa shape index (κ2) is 8.95. The number of hydrogen-bond donors (Lipinski definition) is 2. The second-order valence-electron chi connectivity index (χ2n) is 7.87. The fourth-order valence-electron chi connectivity index (χ4n) is 4.04. The first-order valence-corrected chi connectivity index (χ1v) is 9.15. The van der Waals surface area contributed by atoms with Crippen molar-refractivity contribution in [3.63, 3.8) is 0 Å². The van der Waals surface area contributed by atoms with Crippen molar-refractivity contribution in [2.75, 3.05) is 19.8 Å². The lowest BCUT2D eigenvalue weighted by Gasteiger charge is -2.23. The minimum Gasteiger partial charge on any atom is -0.465 e. The van der Waals surface area contributed by atoms with E-state index in [1.807, 2.05) is 0 Å². The summed E-state index contributed by atoms with van der Waals surface area (Å²) in [7, 11) is 0. The van der Waals surface area contributed by atoms with E-state index < -0.39 is 5.41 Å². The molecule has 0 bridgehead atoms. The summed E-state index contributed by atoms with van der Waals surface area (Å²) in [5, 5.41) is 17.9. The molecule has 0 spiro atoms. The number of carbonyl (C=O) groups excluding carboxylic acids is 2. The van der Waals surface area contributed by atoms with Gasteiger partial charge in [0, 0.05) is 5.41 Å². The monoisotopic (exact) mass is 342 g/mol. The smallest absolute Gasteiger partial charge is 0.319 e. The Morgan fingerprint density at radius 3 is 1.88 bits per heavy atom. The number of ether oxygens (including phenoxy) is 1. The molecule has 0 amide bonds. The van der Waals surface area contributed by atoms with E-state index in [0.717, 1.165) is 25.7 Å². The highest BCUT2D eigenvalue weighted by atomic mass is 16.5. The van der Waals surface area contributed by atoms with Gasteiger partial charge >= 0.3 is 5.97 Å². The highest BCUT2D eigenvalue weighted by molar-refractivity contribution is 6.03. The third-order valence-corrected chi connectivity index (χ3v) is 5.72. The van der Waals surface area contributed by atoms with Crippen LogP contribution in [0.3, 0.4) is 0 Å². The minimum atomic E-state index is -0.824. The minimum absolute atomic E-state index is 0.0414. The number of esters is 1. The Morgan fingerprint density at radius 1 is 1.04 bits per heavy atom. The highest BCUT2D eigenvalue weighted by Crippen LogP contribution is 2.43. The molecule has 0 aliphatic heterocycles. The molecule has 3 unspecified atom stereocenters. The molecular weight excluding hydrogens is 308 g/mol. The maximum atomic E-state index is 11.7. The number of hydrogen-bond acceptors (Lipinski definition) is 5. The topological polar surface area (TPSA) is 83.8 Å². The van der Waals surface area contributed by atoms with E-state index in [1.165, 1.54) is 6.92 Å². The SMILES string of the molecule is CC1CCC(CO)(CO)C1.CCOC(=O)C1(C(C)=O)CCC(C)C1. The van der Waals surface area contributed by atoms with E-state index in [2.05, 4.69) is 13.8 Å². The van der Waals surface area contributed by atoms with Crippen molar-refractivity contribution in [2.45, 2.75) is 66.2 Å². The van der Waals surface area contributed by atoms with Gasteiger partial charge in [-0.25, -0.2) is 0 Å². The van der Waals surface area contributed by atoms with Crippen LogP contribution in [-0.2, 0) is 14.3 Å². The maximum absolute atomic E-state index is 11.7. The molecule has 5 nitrogen and oxygen atoms in total. The van der Waals surface area contributed by atoms with Crippen LogP contribution in [0.1, 0.15) is 66.2 Å². The average molecular weight is 342 g/mol. The first kappa shape index (κ1) is 21.1. The van der Waals surface area contributed by atoms with Crippen LogP contribution in [0.2, 0.25) is 0 Å². The molecule has 0 aromatic heterocycles. The maximum Gasteiger partial charge on any atom is 0.319 e. The molecule has 2 aliphatic carbocycles. The molecule has 2 N–H and O–H groups in total. The summed E-state index contributed by atoms with van der Waals surface area (Å²) in [6.07, 6.45) is 5.38. The van der Waals surface area contributed by atoms with E-state index in [-0.39, 0.29) is 30.4 Å². The van der Waals surface area contributed by atoms with Gasteiger partial charge in [0.2, 0.25) is 0 Å². The average Bonchev–Trinajstić information content (AvgIpc) is 3.13. The quantitative estimate of drug-likeness (QED) is 0.593. The molecule has 140 valence electrons. The summed E-state index contributed by atoms with van der Waals surface area (Å²) in [6, 6.07) is 0. The Hall–Kier alpha value is -0.940. The summed E-state index contributed by atoms with van der Waals surface area (Å²) in [4.78, 5) is 23.2. The molecule has 2 aliphatic rings. The number of carbonyl (C=O) groups is 2. The molecule has 0 heterocycles. The Labute approximate surface area is 145 Å². The zero-order valence-corrected chi connectivity index (χ0v) is 15.6. The molecule has 2 saturated carbocycles. The highest BCUT2D eigenvalue weighted by Gasteiger charge is 2.49. The van der Waals surface area contributed by atoms with E-state index in [4.69, 9.17) is 14.9 Å². The van der Waals surface area contributed by atoms with Crippen molar-refractivity contribution in [1.82, 2.24) is 0 Å². The van der Waals surface area contributed by atoms with Crippen LogP contribution >= 0.6 is 0 Å². The van der Waals surface area contributed by atoms with E-state index in [0.29, 0.717) is 31.3 Å². The van der Waals surface area contributed by atoms with Crippen molar-refractivity contribution in [3.8, 4) is 0 Å². The molecule has 0 aromatic rings. The standard InChI is InChI=1S/C11H18O3.C8H16O2/c1-4-14-10(13)11(9(3)12)6-5-8(2)7-11;1-7-2-3-8(4-7,5-9)6-10/h8H,4-7H2,1-3H3;7,9-10H,2-6H2,1H3. The summed E-state index contributed by atoms with van der Waals surface area (Å²) in [5.74, 6) is 0.764. The summed E-state index contributed by atoms with van der Waals surface area (Å²) >= 11 is 0. The van der Waals surface area contributed by atoms with Gasteiger partial charge in [-0.3, -0.25) is 9.59 Å². The summed E-state index contributed by atoms with van der Waals surface area (Å²) < 4.78 is 4.98. The lowest BCUT2D eigenvalue weighted by molar-refractivity contribution is -0.159. The molecule has 0 saturated heterocycles. The summed E-state index contributed by atoms with van der Waals surface area (Å²) in [5.41, 5.74) is -0.963. The number of ketones is 1. The number of rotatable bonds is 5. The lowest BCUT2D eigenvalue weighted by atomic mass is 9.81. The van der Waals surface area contributed by atoms with Gasteiger partial charge in [0.1, 0.15) is 11.2 Å². The molecule has 5 heteroatoms. The third-order valence-electron chi connectivity index (χ3n) is 5.72. The Balaban J connectivity index is 0.000000254. The van der Waals surface area contributed by atoms with Crippen molar-refractivity contribution in [3.05, 3.63) is 0 Å². The van der Waals surface area contributed by atoms with Crippen LogP contribution in [0.25, 0.3) is 0 Å². The van der Waals surface area contributed by atoms with Gasteiger partial charge in [-0.2, -0.15) is 0 Å². The molecule has 3 atom stereocenters. The molecule has 0 radical (unpaired) electrons. The van der Waals surface area contributed by atoms with Gasteiger partial charge in [0.05, 0.1) is 19.8 Å². The van der Waals surface area contributed by atoms with Crippen LogP contribution < -0.4 is 0 Å². The first-order chi connectivity index (χ1) is 11.2. The van der Waals surface area contributed by atoms with Gasteiger partial charge in [0.15, 0.2) is 0 Å². The Kier molecular flexibility index (Phi) is 7.87. The molecular formula is C19H34O5. The Bertz CT molecular complexity index is 429. The number of aliphatic hydroxyl groups excluding tert-OH is 2. The van der Waals surface area contributed by atoms with Crippen molar-refractivity contribution < 1.29 is 24.5 Å². The molecule has 24 heavy (non-hydrogen) atoms. The van der Waals surface area contributed by atoms with Crippen LogP contribution in [-0.4, -0.2) is 41.8 Å². The van der Waals surface area contributed by atoms with Gasteiger partial charge in [-0.05, 0) is 64.2 Å². The molecule has 2 rings (SSSR count). The van der Waals surface area contributed by atoms with Gasteiger partial charge in [0.25, 0.3) is 0 Å². The van der Waals surface area contributed by atoms with Gasteiger partial charge in [-0.15, -0.1) is 0 Å². The zero-order chi connectivity index (χ0) is 18.4. The fourth-order valence-corrected chi connectivity index (χ4v) is 4.04. The van der Waals surface area contributed by atoms with E-state index in [1.54, 1.807) is 6.92 Å². The lowest BCUT2D eigenvalue weighted by Crippen LogP contribution is -2.37.